The van der Waals surface area contributed by atoms with Crippen molar-refractivity contribution in [2.45, 2.75) is 113 Å². The van der Waals surface area contributed by atoms with E-state index in [4.69, 9.17) is 0 Å². The molecule has 0 atom stereocenters. The molecule has 0 aromatic carbocycles. The molecule has 0 N–H and O–H groups in total. The summed E-state index contributed by atoms with van der Waals surface area (Å²) in [5, 5.41) is 6.33. The molecule has 0 saturated carbocycles. The molecule has 0 aromatic rings. The summed E-state index contributed by atoms with van der Waals surface area (Å²) in [6.45, 7) is 9.68. The van der Waals surface area contributed by atoms with E-state index in [9.17, 15) is 0 Å². The molecule has 0 aromatic heterocycles. The molecule has 0 spiro atoms. The van der Waals surface area contributed by atoms with Crippen molar-refractivity contribution in [1.82, 2.24) is 0 Å². The molecule has 0 unspecified atom stereocenters. The molecular weight excluding hydrogens is 291 g/mol. The summed E-state index contributed by atoms with van der Waals surface area (Å²) >= 11 is -1.32. The van der Waals surface area contributed by atoms with Crippen LogP contribution in [-0.2, 0) is 0 Å². The van der Waals surface area contributed by atoms with Gasteiger partial charge in [-0.05, 0) is 0 Å². The van der Waals surface area contributed by atoms with Gasteiger partial charge in [0, 0.05) is 0 Å². The Labute approximate surface area is 126 Å². The topological polar surface area (TPSA) is 0 Å². The molecule has 0 aliphatic carbocycles. The second kappa shape index (κ2) is 13.5. The van der Waals surface area contributed by atoms with Crippen LogP contribution in [0.15, 0.2) is 0 Å². The van der Waals surface area contributed by atoms with Crippen molar-refractivity contribution >= 4 is 13.6 Å². The molecule has 0 rings (SSSR count). The third kappa shape index (κ3) is 10.00. The first-order valence-electron chi connectivity index (χ1n) is 9.24. The van der Waals surface area contributed by atoms with Crippen molar-refractivity contribution < 1.29 is 0 Å². The predicted molar refractivity (Wildman–Crippen MR) is 95.2 cm³/mol. The van der Waals surface area contributed by atoms with Crippen LogP contribution in [-0.4, -0.2) is 13.6 Å². The van der Waals surface area contributed by atoms with Gasteiger partial charge in [-0.2, -0.15) is 0 Å². The van der Waals surface area contributed by atoms with Crippen LogP contribution < -0.4 is 0 Å². The molecule has 0 aliphatic rings. The molecule has 0 amide bonds. The fourth-order valence-corrected chi connectivity index (χ4v) is 10.7. The first kappa shape index (κ1) is 19.6. The Bertz CT molecular complexity index is 164. The average molecular weight is 332 g/mol. The summed E-state index contributed by atoms with van der Waals surface area (Å²) in [6.07, 6.45) is 14.8. The van der Waals surface area contributed by atoms with E-state index >= 15 is 0 Å². The van der Waals surface area contributed by atoms with Crippen molar-refractivity contribution in [3.63, 3.8) is 0 Å². The van der Waals surface area contributed by atoms with Gasteiger partial charge in [-0.3, -0.25) is 0 Å². The van der Waals surface area contributed by atoms with E-state index in [2.05, 4.69) is 27.7 Å². The van der Waals surface area contributed by atoms with Gasteiger partial charge in [0.05, 0.1) is 0 Å². The van der Waals surface area contributed by atoms with Gasteiger partial charge >= 0.3 is 126 Å². The first-order chi connectivity index (χ1) is 9.24. The van der Waals surface area contributed by atoms with Crippen LogP contribution in [0.4, 0.5) is 0 Å². The minimum atomic E-state index is -1.32. The molecule has 0 heterocycles. The Morgan fingerprint density at radius 1 is 0.474 bits per heavy atom. The van der Waals surface area contributed by atoms with E-state index in [1.165, 1.54) is 57.8 Å². The Kier molecular flexibility index (Phi) is 13.9. The van der Waals surface area contributed by atoms with Gasteiger partial charge in [-0.25, -0.2) is 0 Å². The summed E-state index contributed by atoms with van der Waals surface area (Å²) in [6, 6.07) is 0. The van der Waals surface area contributed by atoms with Crippen molar-refractivity contribution in [3.05, 3.63) is 0 Å². The standard InChI is InChI=1S/C18H41As/c1-5-9-10-11-12-13-14-15-16-17-18-19(6-2,7-3)8-4/h19H,5-18H2,1-4H3. The van der Waals surface area contributed by atoms with Crippen LogP contribution in [0.1, 0.15) is 91.9 Å². The average Bonchev–Trinajstić information content (AvgIpc) is 2.46. The molecule has 0 nitrogen and oxygen atoms in total. The SMILES string of the molecule is CCCCCCCCCCCC[AsH](CC)(CC)CC. The fourth-order valence-electron chi connectivity index (χ4n) is 3.27. The van der Waals surface area contributed by atoms with Crippen molar-refractivity contribution in [1.29, 1.82) is 0 Å². The van der Waals surface area contributed by atoms with Crippen LogP contribution in [0.5, 0.6) is 0 Å². The van der Waals surface area contributed by atoms with Crippen molar-refractivity contribution in [2.75, 3.05) is 0 Å². The summed E-state index contributed by atoms with van der Waals surface area (Å²) in [4.78, 5) is 0. The molecule has 0 bridgehead atoms. The predicted octanol–water partition coefficient (Wildman–Crippen LogP) is 7.15. The van der Waals surface area contributed by atoms with Crippen LogP contribution in [0.2, 0.25) is 20.8 Å². The van der Waals surface area contributed by atoms with Gasteiger partial charge in [0.25, 0.3) is 0 Å². The zero-order valence-electron chi connectivity index (χ0n) is 14.4. The van der Waals surface area contributed by atoms with E-state index in [1.807, 2.05) is 0 Å². The third-order valence-electron chi connectivity index (χ3n) is 5.31. The van der Waals surface area contributed by atoms with Gasteiger partial charge < -0.3 is 0 Å². The zero-order chi connectivity index (χ0) is 14.4. The Morgan fingerprint density at radius 2 is 0.842 bits per heavy atom. The quantitative estimate of drug-likeness (QED) is 0.234. The number of hydrogen-bond acceptors (Lipinski definition) is 0. The normalized spacial score (nSPS) is 12.8. The van der Waals surface area contributed by atoms with Crippen LogP contribution >= 0.6 is 0 Å². The minimum absolute atomic E-state index is 1.32. The Morgan fingerprint density at radius 3 is 1.21 bits per heavy atom. The van der Waals surface area contributed by atoms with E-state index in [0.29, 0.717) is 0 Å². The summed E-state index contributed by atoms with van der Waals surface area (Å²) < 4.78 is 0. The number of unbranched alkanes of at least 4 members (excludes halogenated alkanes) is 9. The molecule has 0 fully saturated rings. The van der Waals surface area contributed by atoms with Crippen molar-refractivity contribution in [3.8, 4) is 0 Å². The Hall–Kier alpha value is 0.558. The van der Waals surface area contributed by atoms with E-state index < -0.39 is 13.6 Å². The summed E-state index contributed by atoms with van der Waals surface area (Å²) in [5.41, 5.74) is 0. The molecule has 1 heteroatoms. The molecule has 19 heavy (non-hydrogen) atoms. The molecule has 118 valence electrons. The Balaban J connectivity index is 3.35. The molecule has 0 saturated heterocycles. The monoisotopic (exact) mass is 332 g/mol. The summed E-state index contributed by atoms with van der Waals surface area (Å²) in [5.74, 6) is 0. The molecular formula is C18H41As. The third-order valence-corrected chi connectivity index (χ3v) is 17.7. The summed E-state index contributed by atoms with van der Waals surface area (Å²) in [7, 11) is 0. The maximum absolute atomic E-state index is 2.46. The first-order valence-corrected chi connectivity index (χ1v) is 15.2. The van der Waals surface area contributed by atoms with Crippen LogP contribution in [0.3, 0.4) is 0 Å². The van der Waals surface area contributed by atoms with Gasteiger partial charge in [0.1, 0.15) is 0 Å². The number of hydrogen-bond donors (Lipinski definition) is 0. The van der Waals surface area contributed by atoms with Gasteiger partial charge in [0.15, 0.2) is 0 Å². The van der Waals surface area contributed by atoms with E-state index in [0.717, 1.165) is 0 Å². The van der Waals surface area contributed by atoms with E-state index in [-0.39, 0.29) is 0 Å². The second-order valence-electron chi connectivity index (χ2n) is 6.49. The van der Waals surface area contributed by atoms with Gasteiger partial charge in [-0.1, -0.05) is 0 Å². The fraction of sp³-hybridized carbons (Fsp3) is 1.00. The second-order valence-corrected chi connectivity index (χ2v) is 18.3. The number of rotatable bonds is 14. The van der Waals surface area contributed by atoms with Gasteiger partial charge in [0.2, 0.25) is 0 Å². The van der Waals surface area contributed by atoms with Gasteiger partial charge in [-0.15, -0.1) is 0 Å². The van der Waals surface area contributed by atoms with E-state index in [1.54, 1.807) is 27.3 Å². The maximum atomic E-state index is 2.46. The molecule has 0 radical (unpaired) electrons. The van der Waals surface area contributed by atoms with Crippen molar-refractivity contribution in [2.24, 2.45) is 0 Å². The zero-order valence-corrected chi connectivity index (χ0v) is 16.5. The molecule has 0 aliphatic heterocycles. The van der Waals surface area contributed by atoms with Crippen LogP contribution in [0.25, 0.3) is 0 Å². The van der Waals surface area contributed by atoms with Crippen LogP contribution in [0, 0.1) is 0 Å².